The Morgan fingerprint density at radius 1 is 1.35 bits per heavy atom. The van der Waals surface area contributed by atoms with E-state index in [4.69, 9.17) is 14.2 Å². The summed E-state index contributed by atoms with van der Waals surface area (Å²) in [4.78, 5) is 0. The zero-order chi connectivity index (χ0) is 12.5. The average Bonchev–Trinajstić information content (AvgIpc) is 2.70. The Bertz CT molecular complexity index is 404. The predicted molar refractivity (Wildman–Crippen MR) is 63.5 cm³/mol. The largest absolute Gasteiger partial charge is 0.497 e. The van der Waals surface area contributed by atoms with Crippen molar-refractivity contribution in [2.45, 2.75) is 25.0 Å². The van der Waals surface area contributed by atoms with Gasteiger partial charge in [-0.3, -0.25) is 0 Å². The molecule has 1 saturated heterocycles. The van der Waals surface area contributed by atoms with E-state index < -0.39 is 5.60 Å². The number of hydrogen-bond donors (Lipinski definition) is 1. The maximum Gasteiger partial charge on any atom is 0.125 e. The molecule has 1 fully saturated rings. The van der Waals surface area contributed by atoms with E-state index >= 15 is 0 Å². The molecule has 0 bridgehead atoms. The van der Waals surface area contributed by atoms with E-state index in [2.05, 4.69) is 0 Å². The summed E-state index contributed by atoms with van der Waals surface area (Å²) in [5.74, 6) is 1.36. The lowest BCUT2D eigenvalue weighted by molar-refractivity contribution is -0.0331. The maximum atomic E-state index is 10.7. The van der Waals surface area contributed by atoms with Gasteiger partial charge in [-0.25, -0.2) is 0 Å². The third-order valence-electron chi connectivity index (χ3n) is 3.40. The highest BCUT2D eigenvalue weighted by Crippen LogP contribution is 2.41. The van der Waals surface area contributed by atoms with Gasteiger partial charge >= 0.3 is 0 Å². The SMILES string of the molecule is COc1ccc(OC)c(C2(O)CCOC2C)c1. The first-order valence-corrected chi connectivity index (χ1v) is 5.68. The topological polar surface area (TPSA) is 47.9 Å². The summed E-state index contributed by atoms with van der Waals surface area (Å²) in [5.41, 5.74) is -0.274. The minimum Gasteiger partial charge on any atom is -0.497 e. The molecule has 4 heteroatoms. The van der Waals surface area contributed by atoms with Gasteiger partial charge in [-0.15, -0.1) is 0 Å². The van der Waals surface area contributed by atoms with E-state index in [1.54, 1.807) is 20.3 Å². The quantitative estimate of drug-likeness (QED) is 0.870. The number of methoxy groups -OCH3 is 2. The maximum absolute atomic E-state index is 10.7. The molecule has 1 heterocycles. The van der Waals surface area contributed by atoms with E-state index in [1.165, 1.54) is 0 Å². The van der Waals surface area contributed by atoms with Crippen LogP contribution in [0.3, 0.4) is 0 Å². The van der Waals surface area contributed by atoms with Crippen molar-refractivity contribution < 1.29 is 19.3 Å². The summed E-state index contributed by atoms with van der Waals surface area (Å²) in [6.45, 7) is 2.42. The van der Waals surface area contributed by atoms with Gasteiger partial charge in [0.25, 0.3) is 0 Å². The monoisotopic (exact) mass is 238 g/mol. The van der Waals surface area contributed by atoms with Crippen LogP contribution in [0.5, 0.6) is 11.5 Å². The zero-order valence-electron chi connectivity index (χ0n) is 10.4. The van der Waals surface area contributed by atoms with Crippen molar-refractivity contribution in [3.63, 3.8) is 0 Å². The van der Waals surface area contributed by atoms with Crippen molar-refractivity contribution in [1.29, 1.82) is 0 Å². The second-order valence-electron chi connectivity index (χ2n) is 4.25. The average molecular weight is 238 g/mol. The highest BCUT2D eigenvalue weighted by Gasteiger charge is 2.43. The second kappa shape index (κ2) is 4.55. The Morgan fingerprint density at radius 3 is 2.65 bits per heavy atom. The highest BCUT2D eigenvalue weighted by molar-refractivity contribution is 5.44. The molecule has 1 aliphatic heterocycles. The predicted octanol–water partition coefficient (Wildman–Crippen LogP) is 1.70. The third kappa shape index (κ3) is 1.98. The molecule has 1 aliphatic rings. The molecule has 0 saturated carbocycles. The normalized spacial score (nSPS) is 28.1. The minimum absolute atomic E-state index is 0.247. The lowest BCUT2D eigenvalue weighted by Crippen LogP contribution is -2.33. The lowest BCUT2D eigenvalue weighted by atomic mass is 9.87. The first-order valence-electron chi connectivity index (χ1n) is 5.68. The van der Waals surface area contributed by atoms with E-state index in [9.17, 15) is 5.11 Å². The number of rotatable bonds is 3. The Kier molecular flexibility index (Phi) is 3.26. The summed E-state index contributed by atoms with van der Waals surface area (Å²) in [6, 6.07) is 5.42. The van der Waals surface area contributed by atoms with Crippen LogP contribution in [-0.4, -0.2) is 32.0 Å². The van der Waals surface area contributed by atoms with E-state index in [-0.39, 0.29) is 6.10 Å². The van der Waals surface area contributed by atoms with Crippen molar-refractivity contribution in [2.24, 2.45) is 0 Å². The van der Waals surface area contributed by atoms with Crippen molar-refractivity contribution >= 4 is 0 Å². The Labute approximate surface area is 101 Å². The summed E-state index contributed by atoms with van der Waals surface area (Å²) in [6.07, 6.45) is 0.320. The molecule has 0 aliphatic carbocycles. The highest BCUT2D eigenvalue weighted by atomic mass is 16.5. The molecular weight excluding hydrogens is 220 g/mol. The number of benzene rings is 1. The molecule has 2 atom stereocenters. The van der Waals surface area contributed by atoms with Crippen LogP contribution >= 0.6 is 0 Å². The molecule has 1 aromatic rings. The molecule has 2 rings (SSSR count). The fraction of sp³-hybridized carbons (Fsp3) is 0.538. The van der Waals surface area contributed by atoms with Gasteiger partial charge in [0, 0.05) is 12.0 Å². The molecule has 2 unspecified atom stereocenters. The lowest BCUT2D eigenvalue weighted by Gasteiger charge is -2.28. The van der Waals surface area contributed by atoms with Crippen LogP contribution in [0, 0.1) is 0 Å². The molecule has 94 valence electrons. The summed E-state index contributed by atoms with van der Waals surface area (Å²) < 4.78 is 15.9. The molecule has 4 nitrogen and oxygen atoms in total. The molecule has 1 aromatic carbocycles. The van der Waals surface area contributed by atoms with Crippen molar-refractivity contribution in [1.82, 2.24) is 0 Å². The van der Waals surface area contributed by atoms with Crippen LogP contribution in [0.25, 0.3) is 0 Å². The summed E-state index contributed by atoms with van der Waals surface area (Å²) >= 11 is 0. The van der Waals surface area contributed by atoms with Crippen molar-refractivity contribution in [2.75, 3.05) is 20.8 Å². The first-order chi connectivity index (χ1) is 8.11. The van der Waals surface area contributed by atoms with E-state index in [1.807, 2.05) is 19.1 Å². The van der Waals surface area contributed by atoms with Gasteiger partial charge in [0.2, 0.25) is 0 Å². The third-order valence-corrected chi connectivity index (χ3v) is 3.40. The molecule has 1 N–H and O–H groups in total. The smallest absolute Gasteiger partial charge is 0.125 e. The molecular formula is C13H18O4. The van der Waals surface area contributed by atoms with Crippen molar-refractivity contribution in [3.05, 3.63) is 23.8 Å². The van der Waals surface area contributed by atoms with Crippen molar-refractivity contribution in [3.8, 4) is 11.5 Å². The van der Waals surface area contributed by atoms with E-state index in [0.29, 0.717) is 24.5 Å². The Hall–Kier alpha value is -1.26. The van der Waals surface area contributed by atoms with Gasteiger partial charge in [0.15, 0.2) is 0 Å². The standard InChI is InChI=1S/C13H18O4/c1-9-13(14,6-7-17-9)11-8-10(15-2)4-5-12(11)16-3/h4-5,8-9,14H,6-7H2,1-3H3. The summed E-state index contributed by atoms with van der Waals surface area (Å²) in [7, 11) is 3.19. The molecule has 0 aromatic heterocycles. The van der Waals surface area contributed by atoms with Gasteiger partial charge in [-0.2, -0.15) is 0 Å². The van der Waals surface area contributed by atoms with Gasteiger partial charge < -0.3 is 19.3 Å². The number of ether oxygens (including phenoxy) is 3. The zero-order valence-corrected chi connectivity index (χ0v) is 10.4. The van der Waals surface area contributed by atoms with E-state index in [0.717, 1.165) is 5.56 Å². The van der Waals surface area contributed by atoms with Crippen LogP contribution < -0.4 is 9.47 Å². The van der Waals surface area contributed by atoms with Gasteiger partial charge in [-0.1, -0.05) is 0 Å². The number of aliphatic hydroxyl groups is 1. The van der Waals surface area contributed by atoms with Crippen LogP contribution in [0.15, 0.2) is 18.2 Å². The van der Waals surface area contributed by atoms with Gasteiger partial charge in [0.1, 0.15) is 17.1 Å². The molecule has 0 amide bonds. The van der Waals surface area contributed by atoms with Crippen LogP contribution in [0.1, 0.15) is 18.9 Å². The minimum atomic E-state index is -1.00. The molecule has 0 spiro atoms. The number of hydrogen-bond acceptors (Lipinski definition) is 4. The second-order valence-corrected chi connectivity index (χ2v) is 4.25. The molecule has 17 heavy (non-hydrogen) atoms. The van der Waals surface area contributed by atoms with Gasteiger partial charge in [0.05, 0.1) is 26.9 Å². The van der Waals surface area contributed by atoms with Crippen LogP contribution in [-0.2, 0) is 10.3 Å². The Morgan fingerprint density at radius 2 is 2.12 bits per heavy atom. The van der Waals surface area contributed by atoms with Crippen LogP contribution in [0.4, 0.5) is 0 Å². The summed E-state index contributed by atoms with van der Waals surface area (Å²) in [5, 5.41) is 10.7. The molecule has 0 radical (unpaired) electrons. The fourth-order valence-corrected chi connectivity index (χ4v) is 2.24. The van der Waals surface area contributed by atoms with Gasteiger partial charge in [-0.05, 0) is 25.1 Å². The first kappa shape index (κ1) is 12.2. The van der Waals surface area contributed by atoms with Crippen LogP contribution in [0.2, 0.25) is 0 Å². The Balaban J connectivity index is 2.48. The fourth-order valence-electron chi connectivity index (χ4n) is 2.24.